The summed E-state index contributed by atoms with van der Waals surface area (Å²) in [7, 11) is 0. The van der Waals surface area contributed by atoms with E-state index in [9.17, 15) is 4.39 Å². The molecule has 2 rings (SSSR count). The Hall–Kier alpha value is -1.74. The van der Waals surface area contributed by atoms with Crippen molar-refractivity contribution in [3.63, 3.8) is 0 Å². The second-order valence-electron chi connectivity index (χ2n) is 3.78. The molecule has 1 heterocycles. The number of rotatable bonds is 4. The van der Waals surface area contributed by atoms with Crippen molar-refractivity contribution in [2.75, 3.05) is 6.54 Å². The summed E-state index contributed by atoms with van der Waals surface area (Å²) >= 11 is 0. The van der Waals surface area contributed by atoms with Crippen molar-refractivity contribution in [3.05, 3.63) is 72.2 Å². The van der Waals surface area contributed by atoms with Crippen LogP contribution in [0.4, 0.5) is 4.39 Å². The minimum atomic E-state index is -0.227. The summed E-state index contributed by atoms with van der Waals surface area (Å²) in [6.07, 6.45) is 5.50. The van der Waals surface area contributed by atoms with Crippen molar-refractivity contribution in [3.8, 4) is 0 Å². The fourth-order valence-electron chi connectivity index (χ4n) is 1.84. The van der Waals surface area contributed by atoms with Crippen molar-refractivity contribution >= 4 is 0 Å². The quantitative estimate of drug-likeness (QED) is 0.875. The Morgan fingerprint density at radius 2 is 1.65 bits per heavy atom. The fraction of sp³-hybridized carbons (Fsp3) is 0.143. The maximum Gasteiger partial charge on any atom is 0.123 e. The molecule has 0 aliphatic carbocycles. The molecule has 0 amide bonds. The van der Waals surface area contributed by atoms with E-state index in [1.54, 1.807) is 24.5 Å². The third kappa shape index (κ3) is 2.88. The Bertz CT molecular complexity index is 453. The lowest BCUT2D eigenvalue weighted by Crippen LogP contribution is -2.10. The van der Waals surface area contributed by atoms with E-state index in [1.807, 2.05) is 18.6 Å². The lowest BCUT2D eigenvalue weighted by atomic mass is 9.89. The first-order valence-corrected chi connectivity index (χ1v) is 5.50. The van der Waals surface area contributed by atoms with Crippen molar-refractivity contribution in [2.24, 2.45) is 5.73 Å². The second kappa shape index (κ2) is 5.55. The van der Waals surface area contributed by atoms with Gasteiger partial charge in [-0.3, -0.25) is 4.98 Å². The summed E-state index contributed by atoms with van der Waals surface area (Å²) in [5.41, 5.74) is 7.73. The largest absolute Gasteiger partial charge is 0.330 e. The van der Waals surface area contributed by atoms with E-state index in [2.05, 4.69) is 4.98 Å². The average Bonchev–Trinajstić information content (AvgIpc) is 2.38. The molecule has 0 fully saturated rings. The van der Waals surface area contributed by atoms with Crippen LogP contribution in [-0.2, 0) is 0 Å². The molecule has 1 aromatic heterocycles. The molecule has 2 aromatic rings. The molecule has 0 spiro atoms. The standard InChI is InChI=1S/C14H14FN2/c15-13-3-1-11(2-4-13)14(5-8-16)12-6-9-17-10-7-12/h1-7,9-10,14H,8,16H2. The van der Waals surface area contributed by atoms with Crippen molar-refractivity contribution in [2.45, 2.75) is 5.92 Å². The molecule has 1 atom stereocenters. The molecule has 87 valence electrons. The molecule has 2 nitrogen and oxygen atoms in total. The van der Waals surface area contributed by atoms with Crippen LogP contribution < -0.4 is 5.73 Å². The molecule has 0 saturated carbocycles. The van der Waals surface area contributed by atoms with Crippen LogP contribution in [0, 0.1) is 12.2 Å². The van der Waals surface area contributed by atoms with Crippen LogP contribution in [0.2, 0.25) is 0 Å². The molecule has 1 radical (unpaired) electrons. The van der Waals surface area contributed by atoms with Gasteiger partial charge in [0.1, 0.15) is 5.82 Å². The van der Waals surface area contributed by atoms with Crippen molar-refractivity contribution in [1.29, 1.82) is 0 Å². The number of hydrogen-bond acceptors (Lipinski definition) is 2. The van der Waals surface area contributed by atoms with Crippen LogP contribution in [0.25, 0.3) is 0 Å². The monoisotopic (exact) mass is 229 g/mol. The van der Waals surface area contributed by atoms with E-state index in [0.717, 1.165) is 11.1 Å². The first-order chi connectivity index (χ1) is 8.31. The molecule has 17 heavy (non-hydrogen) atoms. The molecular formula is C14H14FN2. The molecule has 0 saturated heterocycles. The van der Waals surface area contributed by atoms with E-state index in [0.29, 0.717) is 6.54 Å². The van der Waals surface area contributed by atoms with Gasteiger partial charge < -0.3 is 5.73 Å². The smallest absolute Gasteiger partial charge is 0.123 e. The van der Waals surface area contributed by atoms with Crippen molar-refractivity contribution < 1.29 is 4.39 Å². The lowest BCUT2D eigenvalue weighted by Gasteiger charge is -2.16. The Balaban J connectivity index is 2.32. The van der Waals surface area contributed by atoms with Gasteiger partial charge >= 0.3 is 0 Å². The first kappa shape index (κ1) is 11.7. The second-order valence-corrected chi connectivity index (χ2v) is 3.78. The maximum absolute atomic E-state index is 12.9. The van der Waals surface area contributed by atoms with Crippen LogP contribution in [0.5, 0.6) is 0 Å². The Morgan fingerprint density at radius 3 is 2.24 bits per heavy atom. The summed E-state index contributed by atoms with van der Waals surface area (Å²) < 4.78 is 12.9. The summed E-state index contributed by atoms with van der Waals surface area (Å²) in [5.74, 6) is -0.140. The van der Waals surface area contributed by atoms with E-state index >= 15 is 0 Å². The van der Waals surface area contributed by atoms with Gasteiger partial charge in [-0.1, -0.05) is 12.1 Å². The average molecular weight is 229 g/mol. The van der Waals surface area contributed by atoms with E-state index in [1.165, 1.54) is 12.1 Å². The first-order valence-electron chi connectivity index (χ1n) is 5.50. The predicted molar refractivity (Wildman–Crippen MR) is 65.8 cm³/mol. The van der Waals surface area contributed by atoms with Gasteiger partial charge in [0, 0.05) is 18.3 Å². The highest BCUT2D eigenvalue weighted by molar-refractivity contribution is 5.34. The molecule has 0 aliphatic heterocycles. The Labute approximate surface area is 100 Å². The van der Waals surface area contributed by atoms with Crippen LogP contribution in [0.1, 0.15) is 17.0 Å². The Kier molecular flexibility index (Phi) is 3.83. The van der Waals surface area contributed by atoms with Crippen LogP contribution in [0.3, 0.4) is 0 Å². The lowest BCUT2D eigenvalue weighted by molar-refractivity contribution is 0.626. The van der Waals surface area contributed by atoms with Gasteiger partial charge in [0.2, 0.25) is 0 Å². The molecule has 0 aliphatic rings. The number of benzene rings is 1. The summed E-state index contributed by atoms with van der Waals surface area (Å²) in [4.78, 5) is 3.99. The normalized spacial score (nSPS) is 12.4. The van der Waals surface area contributed by atoms with Gasteiger partial charge in [-0.05, 0) is 48.4 Å². The number of nitrogens with two attached hydrogens (primary N) is 1. The fourth-order valence-corrected chi connectivity index (χ4v) is 1.84. The van der Waals surface area contributed by atoms with Gasteiger partial charge in [0.25, 0.3) is 0 Å². The minimum Gasteiger partial charge on any atom is -0.330 e. The van der Waals surface area contributed by atoms with E-state index < -0.39 is 0 Å². The Morgan fingerprint density at radius 1 is 1.06 bits per heavy atom. The highest BCUT2D eigenvalue weighted by atomic mass is 19.1. The van der Waals surface area contributed by atoms with Crippen LogP contribution in [0.15, 0.2) is 48.8 Å². The van der Waals surface area contributed by atoms with Crippen LogP contribution in [-0.4, -0.2) is 11.5 Å². The molecular weight excluding hydrogens is 215 g/mol. The SMILES string of the molecule is NC[CH]C(c1ccncc1)c1ccc(F)cc1. The van der Waals surface area contributed by atoms with E-state index in [4.69, 9.17) is 5.73 Å². The number of halogens is 1. The molecule has 0 bridgehead atoms. The highest BCUT2D eigenvalue weighted by Crippen LogP contribution is 2.26. The molecule has 2 N–H and O–H groups in total. The zero-order valence-electron chi connectivity index (χ0n) is 9.38. The highest BCUT2D eigenvalue weighted by Gasteiger charge is 2.13. The van der Waals surface area contributed by atoms with Gasteiger partial charge in [-0.25, -0.2) is 4.39 Å². The molecule has 1 aromatic carbocycles. The topological polar surface area (TPSA) is 38.9 Å². The zero-order chi connectivity index (χ0) is 12.1. The summed E-state index contributed by atoms with van der Waals surface area (Å²) in [6, 6.07) is 10.4. The predicted octanol–water partition coefficient (Wildman–Crippen LogP) is 2.52. The van der Waals surface area contributed by atoms with Gasteiger partial charge in [0.15, 0.2) is 0 Å². The number of nitrogens with zero attached hydrogens (tertiary/aromatic N) is 1. The summed E-state index contributed by atoms with van der Waals surface area (Å²) in [6.45, 7) is 0.477. The van der Waals surface area contributed by atoms with Gasteiger partial charge in [-0.2, -0.15) is 0 Å². The number of pyridine rings is 1. The molecule has 1 unspecified atom stereocenters. The van der Waals surface area contributed by atoms with Crippen molar-refractivity contribution in [1.82, 2.24) is 4.98 Å². The minimum absolute atomic E-state index is 0.0867. The van der Waals surface area contributed by atoms with Crippen LogP contribution >= 0.6 is 0 Å². The third-order valence-electron chi connectivity index (χ3n) is 2.67. The zero-order valence-corrected chi connectivity index (χ0v) is 9.38. The number of aromatic nitrogens is 1. The third-order valence-corrected chi connectivity index (χ3v) is 2.67. The maximum atomic E-state index is 12.9. The summed E-state index contributed by atoms with van der Waals surface area (Å²) in [5, 5.41) is 0. The molecule has 3 heteroatoms. The van der Waals surface area contributed by atoms with E-state index in [-0.39, 0.29) is 11.7 Å². The van der Waals surface area contributed by atoms with Gasteiger partial charge in [0.05, 0.1) is 0 Å². The number of hydrogen-bond donors (Lipinski definition) is 1. The van der Waals surface area contributed by atoms with Gasteiger partial charge in [-0.15, -0.1) is 0 Å².